The van der Waals surface area contributed by atoms with Gasteiger partial charge < -0.3 is 5.73 Å². The van der Waals surface area contributed by atoms with Crippen LogP contribution in [0.2, 0.25) is 5.02 Å². The molecule has 1 atom stereocenters. The molecule has 0 fully saturated rings. The van der Waals surface area contributed by atoms with Crippen molar-refractivity contribution in [1.29, 1.82) is 0 Å². The molecule has 2 rings (SSSR count). The summed E-state index contributed by atoms with van der Waals surface area (Å²) < 4.78 is 28.4. The van der Waals surface area contributed by atoms with Gasteiger partial charge in [-0.2, -0.15) is 0 Å². The van der Waals surface area contributed by atoms with Crippen LogP contribution in [0.1, 0.15) is 18.5 Å². The molecule has 5 heteroatoms. The van der Waals surface area contributed by atoms with E-state index in [2.05, 4.69) is 15.9 Å². The highest BCUT2D eigenvalue weighted by atomic mass is 79.9. The average Bonchev–Trinajstić information content (AvgIpc) is 2.37. The monoisotopic (exact) mass is 345 g/mol. The number of benzene rings is 2. The van der Waals surface area contributed by atoms with Gasteiger partial charge in [-0.25, -0.2) is 8.78 Å². The summed E-state index contributed by atoms with van der Waals surface area (Å²) in [6.45, 7) is 1.78. The molecule has 1 unspecified atom stereocenters. The molecule has 1 nitrogen and oxygen atoms in total. The van der Waals surface area contributed by atoms with E-state index in [1.54, 1.807) is 25.1 Å². The summed E-state index contributed by atoms with van der Waals surface area (Å²) in [5.41, 5.74) is 6.76. The Hall–Kier alpha value is -0.970. The minimum atomic E-state index is -0.656. The van der Waals surface area contributed by atoms with E-state index in [9.17, 15) is 8.78 Å². The second-order valence-corrected chi connectivity index (χ2v) is 5.48. The van der Waals surface area contributed by atoms with Crippen LogP contribution in [-0.4, -0.2) is 0 Å². The maximum absolute atomic E-state index is 14.1. The van der Waals surface area contributed by atoms with Gasteiger partial charge in [-0.3, -0.25) is 0 Å². The summed E-state index contributed by atoms with van der Waals surface area (Å²) in [4.78, 5) is 0. The molecule has 0 amide bonds. The number of hydrogen-bond donors (Lipinski definition) is 1. The van der Waals surface area contributed by atoms with Crippen molar-refractivity contribution >= 4 is 27.5 Å². The van der Waals surface area contributed by atoms with E-state index in [4.69, 9.17) is 17.3 Å². The molecule has 0 aliphatic carbocycles. The Labute approximate surface area is 123 Å². The molecular formula is C14H11BrClF2N. The Morgan fingerprint density at radius 2 is 1.84 bits per heavy atom. The first-order chi connectivity index (χ1) is 8.91. The third-order valence-electron chi connectivity index (χ3n) is 2.84. The zero-order chi connectivity index (χ0) is 14.2. The Morgan fingerprint density at radius 1 is 1.16 bits per heavy atom. The fraction of sp³-hybridized carbons (Fsp3) is 0.143. The number of hydrogen-bond acceptors (Lipinski definition) is 1. The van der Waals surface area contributed by atoms with Crippen LogP contribution in [0.15, 0.2) is 34.8 Å². The molecule has 100 valence electrons. The Morgan fingerprint density at radius 3 is 2.47 bits per heavy atom. The number of halogens is 4. The normalized spacial score (nSPS) is 12.5. The zero-order valence-corrected chi connectivity index (χ0v) is 12.4. The Bertz CT molecular complexity index is 629. The molecule has 0 radical (unpaired) electrons. The quantitative estimate of drug-likeness (QED) is 0.755. The predicted octanol–water partition coefficient (Wildman–Crippen LogP) is 5.07. The highest BCUT2D eigenvalue weighted by Crippen LogP contribution is 2.34. The van der Waals surface area contributed by atoms with Crippen molar-refractivity contribution in [2.75, 3.05) is 0 Å². The molecule has 19 heavy (non-hydrogen) atoms. The summed E-state index contributed by atoms with van der Waals surface area (Å²) in [5.74, 6) is -1.17. The molecule has 2 aromatic carbocycles. The standard InChI is InChI=1S/C14H11BrClF2N/c1-7(19)8-2-5-12(17)10(6-8)9-3-4-11(15)13(16)14(9)18/h2-7H,19H2,1H3. The third-order valence-corrected chi connectivity index (χ3v) is 4.10. The second-order valence-electron chi connectivity index (χ2n) is 4.25. The topological polar surface area (TPSA) is 26.0 Å². The minimum absolute atomic E-state index is 0.0666. The molecule has 2 aromatic rings. The first kappa shape index (κ1) is 14.4. The van der Waals surface area contributed by atoms with Gasteiger partial charge in [-0.1, -0.05) is 23.7 Å². The summed E-state index contributed by atoms with van der Waals surface area (Å²) in [7, 11) is 0. The molecule has 0 aromatic heterocycles. The molecule has 0 heterocycles. The number of nitrogens with two attached hydrogens (primary N) is 1. The third kappa shape index (κ3) is 2.81. The van der Waals surface area contributed by atoms with Crippen molar-refractivity contribution in [3.63, 3.8) is 0 Å². The lowest BCUT2D eigenvalue weighted by Gasteiger charge is -2.11. The smallest absolute Gasteiger partial charge is 0.150 e. The van der Waals surface area contributed by atoms with Crippen molar-refractivity contribution in [1.82, 2.24) is 0 Å². The van der Waals surface area contributed by atoms with Crippen molar-refractivity contribution in [2.24, 2.45) is 5.73 Å². The highest BCUT2D eigenvalue weighted by molar-refractivity contribution is 9.10. The van der Waals surface area contributed by atoms with Crippen molar-refractivity contribution < 1.29 is 8.78 Å². The summed E-state index contributed by atoms with van der Waals surface area (Å²) >= 11 is 8.94. The zero-order valence-electron chi connectivity index (χ0n) is 10.1. The predicted molar refractivity (Wildman–Crippen MR) is 77.1 cm³/mol. The highest BCUT2D eigenvalue weighted by Gasteiger charge is 2.16. The van der Waals surface area contributed by atoms with Crippen LogP contribution in [-0.2, 0) is 0 Å². The fourth-order valence-corrected chi connectivity index (χ4v) is 2.24. The van der Waals surface area contributed by atoms with Crippen LogP contribution >= 0.6 is 27.5 Å². The van der Waals surface area contributed by atoms with Gasteiger partial charge in [0.25, 0.3) is 0 Å². The molecule has 2 N–H and O–H groups in total. The van der Waals surface area contributed by atoms with E-state index >= 15 is 0 Å². The lowest BCUT2D eigenvalue weighted by molar-refractivity contribution is 0.615. The van der Waals surface area contributed by atoms with Crippen molar-refractivity contribution in [2.45, 2.75) is 13.0 Å². The van der Waals surface area contributed by atoms with Gasteiger partial charge in [0.1, 0.15) is 5.82 Å². The second kappa shape index (κ2) is 5.57. The number of rotatable bonds is 2. The van der Waals surface area contributed by atoms with Gasteiger partial charge >= 0.3 is 0 Å². The molecular weight excluding hydrogens is 336 g/mol. The Balaban J connectivity index is 2.65. The molecule has 0 bridgehead atoms. The summed E-state index contributed by atoms with van der Waals surface area (Å²) in [5, 5.41) is -0.0666. The van der Waals surface area contributed by atoms with Crippen LogP contribution in [0, 0.1) is 11.6 Å². The van der Waals surface area contributed by atoms with Crippen LogP contribution in [0.5, 0.6) is 0 Å². The van der Waals surface area contributed by atoms with Gasteiger partial charge in [-0.05, 0) is 46.6 Å². The molecule has 0 saturated carbocycles. The van der Waals surface area contributed by atoms with Gasteiger partial charge in [0.2, 0.25) is 0 Å². The molecule has 0 spiro atoms. The van der Waals surface area contributed by atoms with E-state index in [-0.39, 0.29) is 22.2 Å². The molecule has 0 aliphatic heterocycles. The minimum Gasteiger partial charge on any atom is -0.324 e. The van der Waals surface area contributed by atoms with Crippen LogP contribution < -0.4 is 5.73 Å². The van der Waals surface area contributed by atoms with Crippen LogP contribution in [0.25, 0.3) is 11.1 Å². The molecule has 0 saturated heterocycles. The lowest BCUT2D eigenvalue weighted by Crippen LogP contribution is -2.05. The molecule has 0 aliphatic rings. The van der Waals surface area contributed by atoms with E-state index < -0.39 is 11.6 Å². The van der Waals surface area contributed by atoms with Gasteiger partial charge in [-0.15, -0.1) is 0 Å². The summed E-state index contributed by atoms with van der Waals surface area (Å²) in [6, 6.07) is 7.22. The van der Waals surface area contributed by atoms with E-state index in [1.807, 2.05) is 0 Å². The van der Waals surface area contributed by atoms with Gasteiger partial charge in [0.15, 0.2) is 5.82 Å². The van der Waals surface area contributed by atoms with Gasteiger partial charge in [0.05, 0.1) is 5.02 Å². The fourth-order valence-electron chi connectivity index (χ4n) is 1.77. The van der Waals surface area contributed by atoms with E-state index in [0.29, 0.717) is 4.47 Å². The van der Waals surface area contributed by atoms with Crippen molar-refractivity contribution in [3.8, 4) is 11.1 Å². The van der Waals surface area contributed by atoms with Gasteiger partial charge in [0, 0.05) is 21.6 Å². The lowest BCUT2D eigenvalue weighted by atomic mass is 9.99. The van der Waals surface area contributed by atoms with E-state index in [0.717, 1.165) is 5.56 Å². The maximum atomic E-state index is 14.1. The first-order valence-electron chi connectivity index (χ1n) is 5.60. The van der Waals surface area contributed by atoms with Crippen LogP contribution in [0.3, 0.4) is 0 Å². The maximum Gasteiger partial charge on any atom is 0.150 e. The first-order valence-corrected chi connectivity index (χ1v) is 6.77. The van der Waals surface area contributed by atoms with E-state index in [1.165, 1.54) is 12.1 Å². The Kier molecular flexibility index (Phi) is 4.23. The summed E-state index contributed by atoms with van der Waals surface area (Å²) in [6.07, 6.45) is 0. The van der Waals surface area contributed by atoms with Crippen LogP contribution in [0.4, 0.5) is 8.78 Å². The largest absolute Gasteiger partial charge is 0.324 e. The SMILES string of the molecule is CC(N)c1ccc(F)c(-c2ccc(Br)c(Cl)c2F)c1. The average molecular weight is 347 g/mol. The van der Waals surface area contributed by atoms with Crippen molar-refractivity contribution in [3.05, 3.63) is 57.0 Å².